The van der Waals surface area contributed by atoms with Crippen molar-refractivity contribution in [2.75, 3.05) is 7.11 Å². The number of carbonyl (C=O) groups is 2. The van der Waals surface area contributed by atoms with E-state index in [1.807, 2.05) is 31.2 Å². The van der Waals surface area contributed by atoms with Crippen LogP contribution < -0.4 is 4.74 Å². The minimum absolute atomic E-state index is 0.0427. The second-order valence-electron chi connectivity index (χ2n) is 7.40. The first-order valence-electron chi connectivity index (χ1n) is 9.89. The van der Waals surface area contributed by atoms with Gasteiger partial charge in [0, 0.05) is 18.3 Å². The van der Waals surface area contributed by atoms with E-state index in [-0.39, 0.29) is 17.9 Å². The molecule has 0 bridgehead atoms. The summed E-state index contributed by atoms with van der Waals surface area (Å²) >= 11 is 0. The topological polar surface area (TPSA) is 79.7 Å². The normalized spacial score (nSPS) is 17.7. The van der Waals surface area contributed by atoms with Crippen LogP contribution in [0.1, 0.15) is 28.4 Å². The fraction of sp³-hybridized carbons (Fsp3) is 0.160. The first kappa shape index (κ1) is 20.3. The molecule has 1 amide bonds. The van der Waals surface area contributed by atoms with E-state index >= 15 is 0 Å². The number of aromatic nitrogens is 1. The van der Waals surface area contributed by atoms with E-state index in [0.29, 0.717) is 17.0 Å². The molecule has 6 nitrogen and oxygen atoms in total. The number of amides is 1. The van der Waals surface area contributed by atoms with Crippen molar-refractivity contribution >= 4 is 17.4 Å². The number of hydrogen-bond acceptors (Lipinski definition) is 5. The molecule has 0 aliphatic carbocycles. The van der Waals surface area contributed by atoms with E-state index in [2.05, 4.69) is 4.98 Å². The molecule has 1 aliphatic rings. The maximum Gasteiger partial charge on any atom is 0.296 e. The highest BCUT2D eigenvalue weighted by Gasteiger charge is 2.46. The highest BCUT2D eigenvalue weighted by atomic mass is 16.5. The molecular formula is C25H22N2O4. The number of aryl methyl sites for hydroxylation is 1. The molecule has 2 heterocycles. The van der Waals surface area contributed by atoms with Crippen LogP contribution in [0.5, 0.6) is 5.75 Å². The van der Waals surface area contributed by atoms with Gasteiger partial charge in [-0.3, -0.25) is 14.6 Å². The molecule has 1 saturated heterocycles. The number of hydrogen-bond donors (Lipinski definition) is 1. The highest BCUT2D eigenvalue weighted by Crippen LogP contribution is 2.39. The third-order valence-corrected chi connectivity index (χ3v) is 5.34. The third-order valence-electron chi connectivity index (χ3n) is 5.34. The monoisotopic (exact) mass is 414 g/mol. The SMILES string of the molecule is COc1ccc(CN2C(=O)C(=O)/C(=C(\O)c3ccc(C)cc3)C2c2ccccn2)cc1. The molecule has 2 aromatic carbocycles. The van der Waals surface area contributed by atoms with Gasteiger partial charge in [0.2, 0.25) is 0 Å². The van der Waals surface area contributed by atoms with Crippen LogP contribution in [-0.2, 0) is 16.1 Å². The molecule has 0 saturated carbocycles. The lowest BCUT2D eigenvalue weighted by atomic mass is 9.98. The van der Waals surface area contributed by atoms with Crippen molar-refractivity contribution in [3.8, 4) is 5.75 Å². The first-order chi connectivity index (χ1) is 15.0. The van der Waals surface area contributed by atoms with Crippen molar-refractivity contribution in [2.24, 2.45) is 0 Å². The van der Waals surface area contributed by atoms with Crippen molar-refractivity contribution in [3.63, 3.8) is 0 Å². The van der Waals surface area contributed by atoms with Crippen LogP contribution in [0.15, 0.2) is 78.5 Å². The minimum Gasteiger partial charge on any atom is -0.507 e. The number of aliphatic hydroxyl groups is 1. The molecule has 156 valence electrons. The average molecular weight is 414 g/mol. The van der Waals surface area contributed by atoms with Gasteiger partial charge >= 0.3 is 0 Å². The largest absolute Gasteiger partial charge is 0.507 e. The predicted octanol–water partition coefficient (Wildman–Crippen LogP) is 4.02. The quantitative estimate of drug-likeness (QED) is 0.388. The van der Waals surface area contributed by atoms with Gasteiger partial charge in [0.1, 0.15) is 17.6 Å². The molecule has 1 N–H and O–H groups in total. The maximum atomic E-state index is 13.0. The van der Waals surface area contributed by atoms with Crippen molar-refractivity contribution in [1.29, 1.82) is 0 Å². The minimum atomic E-state index is -0.787. The fourth-order valence-electron chi connectivity index (χ4n) is 3.68. The van der Waals surface area contributed by atoms with Crippen molar-refractivity contribution in [1.82, 2.24) is 9.88 Å². The van der Waals surface area contributed by atoms with Gasteiger partial charge in [-0.05, 0) is 36.8 Å². The Morgan fingerprint density at radius 3 is 2.35 bits per heavy atom. The molecule has 1 aromatic heterocycles. The van der Waals surface area contributed by atoms with Gasteiger partial charge in [-0.25, -0.2) is 0 Å². The number of methoxy groups -OCH3 is 1. The molecule has 1 aliphatic heterocycles. The van der Waals surface area contributed by atoms with Crippen molar-refractivity contribution in [2.45, 2.75) is 19.5 Å². The van der Waals surface area contributed by atoms with Crippen LogP contribution in [0, 0.1) is 6.92 Å². The number of nitrogens with zero attached hydrogens (tertiary/aromatic N) is 2. The second kappa shape index (κ2) is 8.44. The number of ether oxygens (including phenoxy) is 1. The molecular weight excluding hydrogens is 392 g/mol. The summed E-state index contributed by atoms with van der Waals surface area (Å²) in [6.45, 7) is 2.13. The summed E-state index contributed by atoms with van der Waals surface area (Å²) in [5.74, 6) is -0.889. The Morgan fingerprint density at radius 2 is 1.74 bits per heavy atom. The summed E-state index contributed by atoms with van der Waals surface area (Å²) < 4.78 is 5.19. The Morgan fingerprint density at radius 1 is 1.03 bits per heavy atom. The highest BCUT2D eigenvalue weighted by molar-refractivity contribution is 6.46. The van der Waals surface area contributed by atoms with Crippen molar-refractivity contribution in [3.05, 3.63) is 101 Å². The zero-order chi connectivity index (χ0) is 22.0. The Hall–Kier alpha value is -3.93. The maximum absolute atomic E-state index is 13.0. The molecule has 1 fully saturated rings. The standard InChI is InChI=1S/C25H22N2O4/c1-16-6-10-18(11-7-16)23(28)21-22(20-5-3-4-14-26-20)27(25(30)24(21)29)15-17-8-12-19(31-2)13-9-17/h3-14,22,28H,15H2,1-2H3/b23-21-. The summed E-state index contributed by atoms with van der Waals surface area (Å²) in [7, 11) is 1.58. The Balaban J connectivity index is 1.80. The number of likely N-dealkylation sites (tertiary alicyclic amines) is 1. The Labute approximate surface area is 180 Å². The van der Waals surface area contributed by atoms with E-state index in [4.69, 9.17) is 4.74 Å². The lowest BCUT2D eigenvalue weighted by molar-refractivity contribution is -0.140. The molecule has 1 atom stereocenters. The summed E-state index contributed by atoms with van der Waals surface area (Å²) in [6.07, 6.45) is 1.61. The summed E-state index contributed by atoms with van der Waals surface area (Å²) in [5, 5.41) is 11.0. The van der Waals surface area contributed by atoms with Gasteiger partial charge in [0.25, 0.3) is 11.7 Å². The second-order valence-corrected chi connectivity index (χ2v) is 7.40. The number of Topliss-reactive ketones (excluding diaryl/α,β-unsaturated/α-hetero) is 1. The number of rotatable bonds is 5. The number of benzene rings is 2. The molecule has 31 heavy (non-hydrogen) atoms. The van der Waals surface area contributed by atoms with E-state index in [1.165, 1.54) is 4.90 Å². The number of carbonyl (C=O) groups excluding carboxylic acids is 2. The van der Waals surface area contributed by atoms with Crippen LogP contribution in [0.25, 0.3) is 5.76 Å². The van der Waals surface area contributed by atoms with Crippen molar-refractivity contribution < 1.29 is 19.4 Å². The average Bonchev–Trinajstić information content (AvgIpc) is 3.05. The third kappa shape index (κ3) is 3.92. The summed E-state index contributed by atoms with van der Waals surface area (Å²) in [4.78, 5) is 31.8. The summed E-state index contributed by atoms with van der Waals surface area (Å²) in [5.41, 5.74) is 2.90. The van der Waals surface area contributed by atoms with Crippen LogP contribution in [-0.4, -0.2) is 33.8 Å². The zero-order valence-corrected chi connectivity index (χ0v) is 17.3. The van der Waals surface area contributed by atoms with Crippen LogP contribution >= 0.6 is 0 Å². The predicted molar refractivity (Wildman–Crippen MR) is 116 cm³/mol. The molecule has 0 radical (unpaired) electrons. The van der Waals surface area contributed by atoms with Gasteiger partial charge in [0.15, 0.2) is 0 Å². The van der Waals surface area contributed by atoms with E-state index in [9.17, 15) is 14.7 Å². The van der Waals surface area contributed by atoms with E-state index in [0.717, 1.165) is 11.1 Å². The zero-order valence-electron chi connectivity index (χ0n) is 17.3. The van der Waals surface area contributed by atoms with Gasteiger partial charge in [0.05, 0.1) is 18.4 Å². The Kier molecular flexibility index (Phi) is 5.54. The molecule has 0 spiro atoms. The Bertz CT molecular complexity index is 1140. The molecule has 4 rings (SSSR count). The van der Waals surface area contributed by atoms with E-state index < -0.39 is 17.7 Å². The summed E-state index contributed by atoms with van der Waals surface area (Å²) in [6, 6.07) is 19.0. The fourth-order valence-corrected chi connectivity index (χ4v) is 3.68. The lowest BCUT2D eigenvalue weighted by Crippen LogP contribution is -2.29. The van der Waals surface area contributed by atoms with Crippen LogP contribution in [0.3, 0.4) is 0 Å². The van der Waals surface area contributed by atoms with Gasteiger partial charge < -0.3 is 14.7 Å². The first-order valence-corrected chi connectivity index (χ1v) is 9.89. The number of ketones is 1. The van der Waals surface area contributed by atoms with Gasteiger partial charge in [-0.2, -0.15) is 0 Å². The van der Waals surface area contributed by atoms with Crippen LogP contribution in [0.2, 0.25) is 0 Å². The van der Waals surface area contributed by atoms with Gasteiger partial charge in [-0.1, -0.05) is 48.0 Å². The molecule has 3 aromatic rings. The molecule has 1 unspecified atom stereocenters. The molecule has 6 heteroatoms. The van der Waals surface area contributed by atoms with E-state index in [1.54, 1.807) is 55.8 Å². The van der Waals surface area contributed by atoms with Crippen LogP contribution in [0.4, 0.5) is 0 Å². The lowest BCUT2D eigenvalue weighted by Gasteiger charge is -2.24. The number of aliphatic hydroxyl groups excluding tert-OH is 1. The number of pyridine rings is 1. The smallest absolute Gasteiger partial charge is 0.296 e. The van der Waals surface area contributed by atoms with Gasteiger partial charge in [-0.15, -0.1) is 0 Å².